The van der Waals surface area contributed by atoms with Crippen LogP contribution < -0.4 is 10.6 Å². The molecule has 0 bridgehead atoms. The van der Waals surface area contributed by atoms with Gasteiger partial charge in [0.2, 0.25) is 5.91 Å². The van der Waals surface area contributed by atoms with Crippen molar-refractivity contribution in [2.45, 2.75) is 33.4 Å². The average Bonchev–Trinajstić information content (AvgIpc) is 2.59. The number of hydrogen-bond acceptors (Lipinski definition) is 2. The van der Waals surface area contributed by atoms with Crippen molar-refractivity contribution in [1.29, 1.82) is 0 Å². The second kappa shape index (κ2) is 8.67. The van der Waals surface area contributed by atoms with Crippen molar-refractivity contribution in [2.24, 2.45) is 5.92 Å². The number of benzene rings is 2. The lowest BCUT2D eigenvalue weighted by Gasteiger charge is -2.22. The standard InChI is InChI=1S/C20H23ClN2O2/c1-13(2)18(23-19(24)16-8-4-14(3)5-9-16)20(25)22-12-15-6-10-17(21)11-7-15/h4-11,13,18H,12H2,1-3H3,(H,22,25)(H,23,24)/t18-/m0/s1. The molecule has 0 aromatic heterocycles. The van der Waals surface area contributed by atoms with Crippen molar-refractivity contribution in [3.8, 4) is 0 Å². The smallest absolute Gasteiger partial charge is 0.251 e. The van der Waals surface area contributed by atoms with Gasteiger partial charge in [-0.3, -0.25) is 9.59 Å². The zero-order valence-electron chi connectivity index (χ0n) is 14.7. The van der Waals surface area contributed by atoms with Gasteiger partial charge in [0.05, 0.1) is 0 Å². The highest BCUT2D eigenvalue weighted by molar-refractivity contribution is 6.30. The fraction of sp³-hybridized carbons (Fsp3) is 0.300. The van der Waals surface area contributed by atoms with Gasteiger partial charge in [0.25, 0.3) is 5.91 Å². The number of amides is 2. The van der Waals surface area contributed by atoms with E-state index in [1.165, 1.54) is 0 Å². The summed E-state index contributed by atoms with van der Waals surface area (Å²) in [5.41, 5.74) is 2.57. The molecule has 4 nitrogen and oxygen atoms in total. The van der Waals surface area contributed by atoms with Gasteiger partial charge >= 0.3 is 0 Å². The summed E-state index contributed by atoms with van der Waals surface area (Å²) < 4.78 is 0. The summed E-state index contributed by atoms with van der Waals surface area (Å²) in [5, 5.41) is 6.35. The second-order valence-corrected chi connectivity index (χ2v) is 6.84. The highest BCUT2D eigenvalue weighted by Gasteiger charge is 2.24. The Balaban J connectivity index is 1.98. The molecule has 0 heterocycles. The predicted octanol–water partition coefficient (Wildman–Crippen LogP) is 3.72. The van der Waals surface area contributed by atoms with Crippen LogP contribution in [0, 0.1) is 12.8 Å². The summed E-state index contributed by atoms with van der Waals surface area (Å²) in [5.74, 6) is -0.481. The number of halogens is 1. The van der Waals surface area contributed by atoms with E-state index in [1.807, 2.05) is 45.0 Å². The highest BCUT2D eigenvalue weighted by atomic mass is 35.5. The summed E-state index contributed by atoms with van der Waals surface area (Å²) in [7, 11) is 0. The van der Waals surface area contributed by atoms with E-state index >= 15 is 0 Å². The van der Waals surface area contributed by atoms with Crippen LogP contribution in [-0.2, 0) is 11.3 Å². The number of aryl methyl sites for hydroxylation is 1. The molecule has 0 aliphatic heterocycles. The molecule has 0 saturated heterocycles. The molecule has 2 N–H and O–H groups in total. The van der Waals surface area contributed by atoms with Crippen LogP contribution in [-0.4, -0.2) is 17.9 Å². The number of carbonyl (C=O) groups is 2. The first-order valence-corrected chi connectivity index (χ1v) is 8.64. The monoisotopic (exact) mass is 358 g/mol. The quantitative estimate of drug-likeness (QED) is 0.826. The van der Waals surface area contributed by atoms with Gasteiger partial charge in [-0.15, -0.1) is 0 Å². The molecular formula is C20H23ClN2O2. The van der Waals surface area contributed by atoms with Gasteiger partial charge in [0, 0.05) is 17.1 Å². The van der Waals surface area contributed by atoms with Crippen molar-refractivity contribution in [3.63, 3.8) is 0 Å². The van der Waals surface area contributed by atoms with Crippen LogP contribution in [0.2, 0.25) is 5.02 Å². The molecule has 25 heavy (non-hydrogen) atoms. The number of rotatable bonds is 6. The van der Waals surface area contributed by atoms with Gasteiger partial charge in [-0.1, -0.05) is 55.3 Å². The van der Waals surface area contributed by atoms with Gasteiger partial charge in [0.1, 0.15) is 6.04 Å². The van der Waals surface area contributed by atoms with E-state index in [4.69, 9.17) is 11.6 Å². The summed E-state index contributed by atoms with van der Waals surface area (Å²) in [4.78, 5) is 24.9. The van der Waals surface area contributed by atoms with E-state index in [1.54, 1.807) is 24.3 Å². The topological polar surface area (TPSA) is 58.2 Å². The summed E-state index contributed by atoms with van der Waals surface area (Å²) in [6, 6.07) is 13.9. The first-order chi connectivity index (χ1) is 11.9. The lowest BCUT2D eigenvalue weighted by atomic mass is 10.0. The Hall–Kier alpha value is -2.33. The fourth-order valence-electron chi connectivity index (χ4n) is 2.37. The van der Waals surface area contributed by atoms with Crippen LogP contribution in [0.5, 0.6) is 0 Å². The van der Waals surface area contributed by atoms with Crippen molar-refractivity contribution in [2.75, 3.05) is 0 Å². The summed E-state index contributed by atoms with van der Waals surface area (Å²) >= 11 is 5.86. The fourth-order valence-corrected chi connectivity index (χ4v) is 2.49. The van der Waals surface area contributed by atoms with Gasteiger partial charge in [-0.05, 0) is 42.7 Å². The third kappa shape index (κ3) is 5.61. The van der Waals surface area contributed by atoms with E-state index in [0.29, 0.717) is 17.1 Å². The first kappa shape index (κ1) is 19.0. The molecule has 0 radical (unpaired) electrons. The van der Waals surface area contributed by atoms with E-state index in [0.717, 1.165) is 11.1 Å². The summed E-state index contributed by atoms with van der Waals surface area (Å²) in [6.45, 7) is 6.16. The predicted molar refractivity (Wildman–Crippen MR) is 101 cm³/mol. The maximum Gasteiger partial charge on any atom is 0.251 e. The second-order valence-electron chi connectivity index (χ2n) is 6.41. The van der Waals surface area contributed by atoms with E-state index in [-0.39, 0.29) is 17.7 Å². The lowest BCUT2D eigenvalue weighted by Crippen LogP contribution is -2.49. The van der Waals surface area contributed by atoms with Crippen molar-refractivity contribution in [1.82, 2.24) is 10.6 Å². The zero-order valence-corrected chi connectivity index (χ0v) is 15.4. The van der Waals surface area contributed by atoms with Gasteiger partial charge < -0.3 is 10.6 Å². The SMILES string of the molecule is Cc1ccc(C(=O)N[C@H](C(=O)NCc2ccc(Cl)cc2)C(C)C)cc1. The third-order valence-corrected chi connectivity index (χ3v) is 4.18. The largest absolute Gasteiger partial charge is 0.350 e. The molecule has 2 amide bonds. The minimum atomic E-state index is -0.596. The van der Waals surface area contributed by atoms with Crippen LogP contribution in [0.4, 0.5) is 0 Å². The Morgan fingerprint density at radius 2 is 1.60 bits per heavy atom. The molecule has 0 aliphatic carbocycles. The molecule has 1 atom stereocenters. The van der Waals surface area contributed by atoms with Crippen molar-refractivity contribution < 1.29 is 9.59 Å². The molecular weight excluding hydrogens is 336 g/mol. The molecule has 0 fully saturated rings. The third-order valence-electron chi connectivity index (χ3n) is 3.93. The molecule has 5 heteroatoms. The van der Waals surface area contributed by atoms with Gasteiger partial charge in [-0.25, -0.2) is 0 Å². The van der Waals surface area contributed by atoms with E-state index in [2.05, 4.69) is 10.6 Å². The lowest BCUT2D eigenvalue weighted by molar-refractivity contribution is -0.124. The normalized spacial score (nSPS) is 11.9. The number of carbonyl (C=O) groups excluding carboxylic acids is 2. The maximum atomic E-state index is 12.5. The van der Waals surface area contributed by atoms with E-state index in [9.17, 15) is 9.59 Å². The Bertz CT molecular complexity index is 724. The van der Waals surface area contributed by atoms with Crippen molar-refractivity contribution in [3.05, 3.63) is 70.2 Å². The molecule has 2 aromatic carbocycles. The summed E-state index contributed by atoms with van der Waals surface area (Å²) in [6.07, 6.45) is 0. The Morgan fingerprint density at radius 3 is 2.16 bits per heavy atom. The highest BCUT2D eigenvalue weighted by Crippen LogP contribution is 2.10. The first-order valence-electron chi connectivity index (χ1n) is 8.26. The van der Waals surface area contributed by atoms with Crippen LogP contribution in [0.3, 0.4) is 0 Å². The van der Waals surface area contributed by atoms with Crippen LogP contribution >= 0.6 is 11.6 Å². The van der Waals surface area contributed by atoms with Crippen molar-refractivity contribution >= 4 is 23.4 Å². The molecule has 2 rings (SSSR count). The molecule has 2 aromatic rings. The van der Waals surface area contributed by atoms with Crippen LogP contribution in [0.1, 0.15) is 35.3 Å². The Kier molecular flexibility index (Phi) is 6.59. The van der Waals surface area contributed by atoms with Crippen LogP contribution in [0.15, 0.2) is 48.5 Å². The van der Waals surface area contributed by atoms with Gasteiger partial charge in [-0.2, -0.15) is 0 Å². The molecule has 0 unspecified atom stereocenters. The average molecular weight is 359 g/mol. The minimum absolute atomic E-state index is 0.0281. The van der Waals surface area contributed by atoms with Gasteiger partial charge in [0.15, 0.2) is 0 Å². The number of hydrogen-bond donors (Lipinski definition) is 2. The Morgan fingerprint density at radius 1 is 1.00 bits per heavy atom. The molecule has 132 valence electrons. The zero-order chi connectivity index (χ0) is 18.4. The minimum Gasteiger partial charge on any atom is -0.350 e. The molecule has 0 saturated carbocycles. The maximum absolute atomic E-state index is 12.5. The molecule has 0 aliphatic rings. The Labute approximate surface area is 153 Å². The number of nitrogens with one attached hydrogen (secondary N) is 2. The van der Waals surface area contributed by atoms with E-state index < -0.39 is 6.04 Å². The van der Waals surface area contributed by atoms with Crippen LogP contribution in [0.25, 0.3) is 0 Å². The molecule has 0 spiro atoms.